The molecule has 28 heavy (non-hydrogen) atoms. The molecule has 1 aromatic rings. The lowest BCUT2D eigenvalue weighted by molar-refractivity contribution is -0.385. The zero-order chi connectivity index (χ0) is 20.7. The van der Waals surface area contributed by atoms with Crippen LogP contribution in [0.5, 0.6) is 5.75 Å². The van der Waals surface area contributed by atoms with Crippen molar-refractivity contribution in [2.45, 2.75) is 26.2 Å². The summed E-state index contributed by atoms with van der Waals surface area (Å²) in [5.74, 6) is -0.863. The van der Waals surface area contributed by atoms with Crippen LogP contribution in [0.3, 0.4) is 0 Å². The molecule has 2 amide bonds. The van der Waals surface area contributed by atoms with Crippen LogP contribution in [0.1, 0.15) is 24.8 Å². The first kappa shape index (κ1) is 21.1. The highest BCUT2D eigenvalue weighted by molar-refractivity contribution is 5.81. The van der Waals surface area contributed by atoms with E-state index in [1.807, 2.05) is 0 Å². The molecule has 1 aromatic carbocycles. The van der Waals surface area contributed by atoms with Gasteiger partial charge in [-0.05, 0) is 19.1 Å². The summed E-state index contributed by atoms with van der Waals surface area (Å²) in [4.78, 5) is 48.3. The molecule has 0 aromatic heterocycles. The van der Waals surface area contributed by atoms with Crippen LogP contribution in [-0.2, 0) is 14.4 Å². The van der Waals surface area contributed by atoms with E-state index < -0.39 is 10.9 Å². The van der Waals surface area contributed by atoms with Gasteiger partial charge in [-0.2, -0.15) is 0 Å². The van der Waals surface area contributed by atoms with Crippen LogP contribution in [0.25, 0.3) is 0 Å². The van der Waals surface area contributed by atoms with E-state index in [-0.39, 0.29) is 43.4 Å². The summed E-state index contributed by atoms with van der Waals surface area (Å²) in [5, 5.41) is 19.4. The number of rotatable bonds is 8. The van der Waals surface area contributed by atoms with Crippen LogP contribution in [0.15, 0.2) is 18.2 Å². The Hall–Kier alpha value is -3.17. The average molecular weight is 393 g/mol. The highest BCUT2D eigenvalue weighted by Gasteiger charge is 2.24. The number of benzene rings is 1. The van der Waals surface area contributed by atoms with Crippen LogP contribution in [-0.4, -0.2) is 70.4 Å². The molecule has 1 fully saturated rings. The summed E-state index contributed by atoms with van der Waals surface area (Å²) in [6.45, 7) is 3.32. The van der Waals surface area contributed by atoms with E-state index in [1.54, 1.807) is 22.8 Å². The molecule has 0 atom stereocenters. The third kappa shape index (κ3) is 5.93. The number of carbonyl (C=O) groups is 3. The molecule has 0 spiro atoms. The zero-order valence-corrected chi connectivity index (χ0v) is 15.6. The summed E-state index contributed by atoms with van der Waals surface area (Å²) < 4.78 is 5.51. The zero-order valence-electron chi connectivity index (χ0n) is 15.6. The van der Waals surface area contributed by atoms with Gasteiger partial charge in [-0.1, -0.05) is 0 Å². The number of piperazine rings is 1. The topological polar surface area (TPSA) is 130 Å². The molecule has 0 aliphatic carbocycles. The van der Waals surface area contributed by atoms with Gasteiger partial charge in [-0.25, -0.2) is 0 Å². The Bertz CT molecular complexity index is 758. The maximum absolute atomic E-state index is 12.3. The predicted octanol–water partition coefficient (Wildman–Crippen LogP) is 1.21. The molecule has 1 aliphatic rings. The molecule has 0 bridgehead atoms. The fourth-order valence-corrected chi connectivity index (χ4v) is 2.91. The van der Waals surface area contributed by atoms with Crippen molar-refractivity contribution >= 4 is 23.5 Å². The third-order valence-electron chi connectivity index (χ3n) is 4.49. The van der Waals surface area contributed by atoms with Crippen molar-refractivity contribution in [3.63, 3.8) is 0 Å². The van der Waals surface area contributed by atoms with Gasteiger partial charge >= 0.3 is 5.97 Å². The van der Waals surface area contributed by atoms with E-state index in [1.165, 1.54) is 12.1 Å². The summed E-state index contributed by atoms with van der Waals surface area (Å²) in [6, 6.07) is 4.42. The number of amides is 2. The molecule has 0 saturated carbocycles. The Morgan fingerprint density at radius 2 is 1.64 bits per heavy atom. The van der Waals surface area contributed by atoms with Crippen LogP contribution in [0.2, 0.25) is 0 Å². The number of carboxylic acid groups (broad SMARTS) is 1. The fraction of sp³-hybridized carbons (Fsp3) is 0.500. The Balaban J connectivity index is 1.73. The molecule has 0 radical (unpaired) electrons. The number of carbonyl (C=O) groups excluding carboxylic acids is 2. The lowest BCUT2D eigenvalue weighted by atomic mass is 10.2. The van der Waals surface area contributed by atoms with Crippen molar-refractivity contribution in [1.82, 2.24) is 9.80 Å². The van der Waals surface area contributed by atoms with Gasteiger partial charge in [-0.3, -0.25) is 24.5 Å². The van der Waals surface area contributed by atoms with Crippen LogP contribution in [0.4, 0.5) is 5.69 Å². The minimum Gasteiger partial charge on any atom is -0.493 e. The second kappa shape index (κ2) is 9.67. The van der Waals surface area contributed by atoms with Crippen molar-refractivity contribution in [2.24, 2.45) is 0 Å². The van der Waals surface area contributed by atoms with E-state index >= 15 is 0 Å². The van der Waals surface area contributed by atoms with Crippen molar-refractivity contribution in [3.05, 3.63) is 33.9 Å². The highest BCUT2D eigenvalue weighted by atomic mass is 16.6. The third-order valence-corrected chi connectivity index (χ3v) is 4.49. The Labute approximate surface area is 161 Å². The smallest absolute Gasteiger partial charge is 0.303 e. The first-order valence-corrected chi connectivity index (χ1v) is 8.93. The van der Waals surface area contributed by atoms with Gasteiger partial charge in [0, 0.05) is 44.2 Å². The van der Waals surface area contributed by atoms with Crippen LogP contribution < -0.4 is 4.74 Å². The normalized spacial score (nSPS) is 13.9. The number of nitro benzene ring substituents is 1. The quantitative estimate of drug-likeness (QED) is 0.519. The minimum atomic E-state index is -1.01. The van der Waals surface area contributed by atoms with E-state index in [4.69, 9.17) is 9.84 Å². The standard InChI is InChI=1S/C18H23N3O7/c1-13-12-14(2-3-15(13)21(26)27)28-11-6-17(23)20-9-7-19(8-10-20)16(22)4-5-18(24)25/h2-3,12H,4-11H2,1H3,(H,24,25). The Morgan fingerprint density at radius 3 is 2.14 bits per heavy atom. The van der Waals surface area contributed by atoms with E-state index in [9.17, 15) is 24.5 Å². The Kier molecular flexibility index (Phi) is 7.30. The Morgan fingerprint density at radius 1 is 1.07 bits per heavy atom. The van der Waals surface area contributed by atoms with Crippen molar-refractivity contribution in [2.75, 3.05) is 32.8 Å². The number of ether oxygens (including phenoxy) is 1. The van der Waals surface area contributed by atoms with E-state index in [0.29, 0.717) is 37.5 Å². The second-order valence-electron chi connectivity index (χ2n) is 6.46. The molecule has 1 aliphatic heterocycles. The first-order chi connectivity index (χ1) is 13.3. The van der Waals surface area contributed by atoms with Gasteiger partial charge in [0.15, 0.2) is 0 Å². The number of aryl methyl sites for hydroxylation is 1. The molecule has 1 heterocycles. The molecule has 152 valence electrons. The number of hydrogen-bond donors (Lipinski definition) is 1. The van der Waals surface area contributed by atoms with E-state index in [2.05, 4.69) is 0 Å². The van der Waals surface area contributed by atoms with Gasteiger partial charge in [0.25, 0.3) is 5.69 Å². The predicted molar refractivity (Wildman–Crippen MR) is 98.0 cm³/mol. The SMILES string of the molecule is Cc1cc(OCCC(=O)N2CCN(C(=O)CCC(=O)O)CC2)ccc1[N+](=O)[O-]. The summed E-state index contributed by atoms with van der Waals surface area (Å²) >= 11 is 0. The molecule has 1 saturated heterocycles. The largest absolute Gasteiger partial charge is 0.493 e. The molecular formula is C18H23N3O7. The van der Waals surface area contributed by atoms with Gasteiger partial charge in [0.2, 0.25) is 11.8 Å². The summed E-state index contributed by atoms with van der Waals surface area (Å²) in [6.07, 6.45) is -0.0772. The average Bonchev–Trinajstić information content (AvgIpc) is 2.66. The summed E-state index contributed by atoms with van der Waals surface area (Å²) in [7, 11) is 0. The van der Waals surface area contributed by atoms with Gasteiger partial charge in [0.1, 0.15) is 5.75 Å². The number of nitro groups is 1. The maximum atomic E-state index is 12.3. The lowest BCUT2D eigenvalue weighted by Crippen LogP contribution is -2.50. The monoisotopic (exact) mass is 393 g/mol. The number of aliphatic carboxylic acids is 1. The molecule has 0 unspecified atom stereocenters. The number of hydrogen-bond acceptors (Lipinski definition) is 6. The molecule has 10 heteroatoms. The first-order valence-electron chi connectivity index (χ1n) is 8.93. The van der Waals surface area contributed by atoms with Gasteiger partial charge < -0.3 is 19.6 Å². The van der Waals surface area contributed by atoms with Gasteiger partial charge in [-0.15, -0.1) is 0 Å². The molecule has 10 nitrogen and oxygen atoms in total. The van der Waals surface area contributed by atoms with Crippen LogP contribution >= 0.6 is 0 Å². The fourth-order valence-electron chi connectivity index (χ4n) is 2.91. The lowest BCUT2D eigenvalue weighted by Gasteiger charge is -2.34. The van der Waals surface area contributed by atoms with Gasteiger partial charge in [0.05, 0.1) is 24.4 Å². The molecular weight excluding hydrogens is 370 g/mol. The molecule has 2 rings (SSSR count). The second-order valence-corrected chi connectivity index (χ2v) is 6.46. The molecule has 1 N–H and O–H groups in total. The minimum absolute atomic E-state index is 0.0131. The van der Waals surface area contributed by atoms with E-state index in [0.717, 1.165) is 0 Å². The maximum Gasteiger partial charge on any atom is 0.303 e. The van der Waals surface area contributed by atoms with Crippen molar-refractivity contribution in [1.29, 1.82) is 0 Å². The summed E-state index contributed by atoms with van der Waals surface area (Å²) in [5.41, 5.74) is 0.497. The number of nitrogens with zero attached hydrogens (tertiary/aromatic N) is 3. The van der Waals surface area contributed by atoms with Crippen LogP contribution in [0, 0.1) is 17.0 Å². The number of carboxylic acids is 1. The highest BCUT2D eigenvalue weighted by Crippen LogP contribution is 2.23. The van der Waals surface area contributed by atoms with Crippen molar-refractivity contribution < 1.29 is 29.2 Å². The van der Waals surface area contributed by atoms with Crippen molar-refractivity contribution in [3.8, 4) is 5.75 Å².